The van der Waals surface area contributed by atoms with Gasteiger partial charge in [0.1, 0.15) is 11.9 Å². The average molecular weight is 304 g/mol. The molecule has 1 unspecified atom stereocenters. The number of hydrogen-bond donors (Lipinski definition) is 2. The molecule has 0 saturated heterocycles. The summed E-state index contributed by atoms with van der Waals surface area (Å²) in [5.41, 5.74) is 0.154. The average Bonchev–Trinajstić information content (AvgIpc) is 2.20. The third-order valence-electron chi connectivity index (χ3n) is 2.25. The summed E-state index contributed by atoms with van der Waals surface area (Å²) < 4.78 is 14.2. The molecule has 0 spiro atoms. The van der Waals surface area contributed by atoms with Crippen molar-refractivity contribution in [3.05, 3.63) is 34.1 Å². The van der Waals surface area contributed by atoms with E-state index in [2.05, 4.69) is 21.2 Å². The van der Waals surface area contributed by atoms with Gasteiger partial charge in [-0.15, -0.1) is 0 Å². The van der Waals surface area contributed by atoms with Crippen molar-refractivity contribution < 1.29 is 14.3 Å². The summed E-state index contributed by atoms with van der Waals surface area (Å²) in [5.74, 6) is -1.30. The number of carboxylic acid groups (broad SMARTS) is 1. The van der Waals surface area contributed by atoms with Gasteiger partial charge in [-0.2, -0.15) is 0 Å². The molecule has 3 nitrogen and oxygen atoms in total. The van der Waals surface area contributed by atoms with E-state index in [1.165, 1.54) is 12.1 Å². The van der Waals surface area contributed by atoms with Crippen molar-refractivity contribution in [1.29, 1.82) is 0 Å². The summed E-state index contributed by atoms with van der Waals surface area (Å²) in [4.78, 5) is 11.1. The molecule has 17 heavy (non-hydrogen) atoms. The van der Waals surface area contributed by atoms with Crippen LogP contribution in [0.3, 0.4) is 0 Å². The van der Waals surface area contributed by atoms with Gasteiger partial charge in [-0.05, 0) is 24.6 Å². The molecule has 0 heterocycles. The van der Waals surface area contributed by atoms with E-state index in [0.717, 1.165) is 0 Å². The van der Waals surface area contributed by atoms with Crippen LogP contribution in [0.25, 0.3) is 0 Å². The summed E-state index contributed by atoms with van der Waals surface area (Å²) in [6.07, 6.45) is 0. The zero-order valence-electron chi connectivity index (χ0n) is 9.71. The zero-order chi connectivity index (χ0) is 13.0. The second-order valence-electron chi connectivity index (χ2n) is 4.24. The number of hydrogen-bond acceptors (Lipinski definition) is 2. The van der Waals surface area contributed by atoms with E-state index in [0.29, 0.717) is 16.9 Å². The van der Waals surface area contributed by atoms with E-state index in [-0.39, 0.29) is 5.56 Å². The smallest absolute Gasteiger partial charge is 0.325 e. The molecule has 0 aliphatic carbocycles. The Morgan fingerprint density at radius 2 is 2.18 bits per heavy atom. The van der Waals surface area contributed by atoms with Gasteiger partial charge >= 0.3 is 5.97 Å². The highest BCUT2D eigenvalue weighted by Gasteiger charge is 2.22. The molecule has 0 fully saturated rings. The lowest BCUT2D eigenvalue weighted by Gasteiger charge is -2.17. The first kappa shape index (κ1) is 14.1. The number of carboxylic acids is 1. The van der Waals surface area contributed by atoms with Crippen LogP contribution in [0.15, 0.2) is 22.7 Å². The number of carbonyl (C=O) groups is 1. The first-order chi connectivity index (χ1) is 7.91. The Balaban J connectivity index is 2.93. The Labute approximate surface area is 108 Å². The lowest BCUT2D eigenvalue weighted by molar-refractivity contribution is -0.139. The molecule has 0 saturated carbocycles. The van der Waals surface area contributed by atoms with Crippen LogP contribution >= 0.6 is 15.9 Å². The second kappa shape index (κ2) is 6.12. The predicted molar refractivity (Wildman–Crippen MR) is 67.3 cm³/mol. The van der Waals surface area contributed by atoms with Crippen LogP contribution in [0.5, 0.6) is 0 Å². The molecule has 94 valence electrons. The van der Waals surface area contributed by atoms with E-state index in [9.17, 15) is 9.18 Å². The van der Waals surface area contributed by atoms with Gasteiger partial charge in [0.25, 0.3) is 0 Å². The molecule has 0 bridgehead atoms. The lowest BCUT2D eigenvalue weighted by Crippen LogP contribution is -2.31. The Morgan fingerprint density at radius 3 is 2.65 bits per heavy atom. The third-order valence-corrected chi connectivity index (χ3v) is 2.74. The fourth-order valence-electron chi connectivity index (χ4n) is 1.42. The minimum Gasteiger partial charge on any atom is -0.480 e. The van der Waals surface area contributed by atoms with Crippen LogP contribution in [-0.4, -0.2) is 17.6 Å². The van der Waals surface area contributed by atoms with Crippen molar-refractivity contribution in [3.63, 3.8) is 0 Å². The van der Waals surface area contributed by atoms with Gasteiger partial charge < -0.3 is 10.4 Å². The van der Waals surface area contributed by atoms with Gasteiger partial charge in [0.05, 0.1) is 0 Å². The SMILES string of the molecule is CC(C)CNC(C(=O)O)c1ccc(Br)cc1F. The lowest BCUT2D eigenvalue weighted by atomic mass is 10.1. The first-order valence-corrected chi connectivity index (χ1v) is 6.12. The fourth-order valence-corrected chi connectivity index (χ4v) is 1.75. The minimum atomic E-state index is -1.08. The molecule has 1 atom stereocenters. The van der Waals surface area contributed by atoms with Crippen molar-refractivity contribution in [2.45, 2.75) is 19.9 Å². The van der Waals surface area contributed by atoms with Crippen molar-refractivity contribution in [2.75, 3.05) is 6.54 Å². The third kappa shape index (κ3) is 4.09. The van der Waals surface area contributed by atoms with Crippen LogP contribution in [0.1, 0.15) is 25.5 Å². The number of benzene rings is 1. The number of halogens is 2. The number of rotatable bonds is 5. The summed E-state index contributed by atoms with van der Waals surface area (Å²) in [6, 6.07) is 3.37. The van der Waals surface area contributed by atoms with Crippen LogP contribution in [0.2, 0.25) is 0 Å². The van der Waals surface area contributed by atoms with E-state index in [1.807, 2.05) is 13.8 Å². The van der Waals surface area contributed by atoms with Gasteiger partial charge in [-0.3, -0.25) is 4.79 Å². The normalized spacial score (nSPS) is 12.8. The van der Waals surface area contributed by atoms with Crippen molar-refractivity contribution in [3.8, 4) is 0 Å². The Hall–Kier alpha value is -0.940. The molecule has 2 N–H and O–H groups in total. The van der Waals surface area contributed by atoms with E-state index in [1.54, 1.807) is 6.07 Å². The van der Waals surface area contributed by atoms with Gasteiger partial charge in [-0.25, -0.2) is 4.39 Å². The molecule has 0 aromatic heterocycles. The maximum atomic E-state index is 13.7. The first-order valence-electron chi connectivity index (χ1n) is 5.33. The number of aliphatic carboxylic acids is 1. The second-order valence-corrected chi connectivity index (χ2v) is 5.15. The van der Waals surface area contributed by atoms with Crippen molar-refractivity contribution in [2.24, 2.45) is 5.92 Å². The van der Waals surface area contributed by atoms with Crippen molar-refractivity contribution >= 4 is 21.9 Å². The highest BCUT2D eigenvalue weighted by molar-refractivity contribution is 9.10. The molecule has 5 heteroatoms. The number of nitrogens with one attached hydrogen (secondary N) is 1. The van der Waals surface area contributed by atoms with E-state index < -0.39 is 17.8 Å². The topological polar surface area (TPSA) is 49.3 Å². The van der Waals surface area contributed by atoms with Gasteiger partial charge in [0.15, 0.2) is 0 Å². The maximum absolute atomic E-state index is 13.7. The molecule has 0 amide bonds. The molecule has 1 rings (SSSR count). The molecular weight excluding hydrogens is 289 g/mol. The predicted octanol–water partition coefficient (Wildman–Crippen LogP) is 2.96. The van der Waals surface area contributed by atoms with Crippen LogP contribution in [0, 0.1) is 11.7 Å². The summed E-state index contributed by atoms with van der Waals surface area (Å²) in [7, 11) is 0. The van der Waals surface area contributed by atoms with Crippen LogP contribution in [0.4, 0.5) is 4.39 Å². The van der Waals surface area contributed by atoms with Crippen molar-refractivity contribution in [1.82, 2.24) is 5.32 Å². The minimum absolute atomic E-state index is 0.154. The molecule has 0 radical (unpaired) electrons. The summed E-state index contributed by atoms with van der Waals surface area (Å²) in [5, 5.41) is 11.9. The van der Waals surface area contributed by atoms with Crippen LogP contribution < -0.4 is 5.32 Å². The molecular formula is C12H15BrFNO2. The van der Waals surface area contributed by atoms with Gasteiger partial charge in [0, 0.05) is 10.0 Å². The quantitative estimate of drug-likeness (QED) is 0.879. The Morgan fingerprint density at radius 1 is 1.53 bits per heavy atom. The zero-order valence-corrected chi connectivity index (χ0v) is 11.3. The molecule has 1 aromatic carbocycles. The van der Waals surface area contributed by atoms with Gasteiger partial charge in [0.2, 0.25) is 0 Å². The molecule has 0 aliphatic heterocycles. The Kier molecular flexibility index (Phi) is 5.08. The van der Waals surface area contributed by atoms with Crippen LogP contribution in [-0.2, 0) is 4.79 Å². The summed E-state index contributed by atoms with van der Waals surface area (Å²) >= 11 is 3.14. The fraction of sp³-hybridized carbons (Fsp3) is 0.417. The van der Waals surface area contributed by atoms with E-state index >= 15 is 0 Å². The molecule has 0 aliphatic rings. The molecule has 1 aromatic rings. The largest absolute Gasteiger partial charge is 0.480 e. The Bertz CT molecular complexity index is 409. The van der Waals surface area contributed by atoms with Gasteiger partial charge in [-0.1, -0.05) is 35.8 Å². The summed E-state index contributed by atoms with van der Waals surface area (Å²) in [6.45, 7) is 4.44. The highest BCUT2D eigenvalue weighted by atomic mass is 79.9. The van der Waals surface area contributed by atoms with E-state index in [4.69, 9.17) is 5.11 Å². The maximum Gasteiger partial charge on any atom is 0.325 e. The standard InChI is InChI=1S/C12H15BrFNO2/c1-7(2)6-15-11(12(16)17)9-4-3-8(13)5-10(9)14/h3-5,7,11,15H,6H2,1-2H3,(H,16,17). The monoisotopic (exact) mass is 303 g/mol. The highest BCUT2D eigenvalue weighted by Crippen LogP contribution is 2.21.